The van der Waals surface area contributed by atoms with Gasteiger partial charge in [-0.3, -0.25) is 5.01 Å². The lowest BCUT2D eigenvalue weighted by atomic mass is 10.1. The van der Waals surface area contributed by atoms with Gasteiger partial charge >= 0.3 is 5.97 Å². The molecule has 0 aromatic heterocycles. The number of amidine groups is 1. The molecule has 136 valence electrons. The van der Waals surface area contributed by atoms with Gasteiger partial charge in [0.25, 0.3) is 0 Å². The number of fused-ring (bicyclic) bond motifs is 1. The van der Waals surface area contributed by atoms with Gasteiger partial charge < -0.3 is 15.3 Å². The number of nitrogens with one attached hydrogen (secondary N) is 1. The van der Waals surface area contributed by atoms with Gasteiger partial charge in [-0.05, 0) is 49.6 Å². The molecule has 2 N–H and O–H groups in total. The molecule has 0 saturated carbocycles. The molecule has 1 aromatic rings. The van der Waals surface area contributed by atoms with E-state index < -0.39 is 5.97 Å². The van der Waals surface area contributed by atoms with E-state index in [0.29, 0.717) is 12.6 Å². The zero-order valence-corrected chi connectivity index (χ0v) is 15.6. The molecule has 1 aromatic carbocycles. The first-order valence-electron chi connectivity index (χ1n) is 8.83. The number of likely N-dealkylation sites (N-methyl/N-ethyl adjacent to an activating group) is 1. The predicted octanol–water partition coefficient (Wildman–Crippen LogP) is 1.82. The number of carbonyl (C=O) groups is 1. The van der Waals surface area contributed by atoms with Crippen molar-refractivity contribution in [3.05, 3.63) is 35.4 Å². The number of hydrogen-bond acceptors (Lipinski definition) is 6. The summed E-state index contributed by atoms with van der Waals surface area (Å²) >= 11 is 1.75. The second-order valence-corrected chi connectivity index (χ2v) is 7.64. The summed E-state index contributed by atoms with van der Waals surface area (Å²) in [5.41, 5.74) is 2.92. The molecule has 3 rings (SSSR count). The van der Waals surface area contributed by atoms with Crippen molar-refractivity contribution in [2.24, 2.45) is 5.10 Å². The standard InChI is InChI=1S/C18H26N4O2S/c1-3-22-18(21(2)16(20-22)17(23)24)25-10-6-9-19-15-11-13-7-4-5-8-14(13)12-15/h4-5,7-8,15,18-19H,3,6,9-12H2,1-2H3,(H,23,24). The van der Waals surface area contributed by atoms with Crippen molar-refractivity contribution < 1.29 is 9.90 Å². The monoisotopic (exact) mass is 362 g/mol. The first kappa shape index (κ1) is 18.1. The fraction of sp³-hybridized carbons (Fsp3) is 0.556. The fourth-order valence-electron chi connectivity index (χ4n) is 3.43. The molecule has 25 heavy (non-hydrogen) atoms. The quantitative estimate of drug-likeness (QED) is 0.688. The van der Waals surface area contributed by atoms with Gasteiger partial charge in [-0.25, -0.2) is 4.79 Å². The fourth-order valence-corrected chi connectivity index (χ4v) is 4.65. The number of hydrogen-bond donors (Lipinski definition) is 2. The van der Waals surface area contributed by atoms with Gasteiger partial charge in [0.05, 0.1) is 0 Å². The van der Waals surface area contributed by atoms with Crippen LogP contribution >= 0.6 is 11.8 Å². The minimum Gasteiger partial charge on any atom is -0.475 e. The van der Waals surface area contributed by atoms with Crippen LogP contribution in [-0.2, 0) is 17.6 Å². The van der Waals surface area contributed by atoms with Crippen LogP contribution in [0.4, 0.5) is 0 Å². The van der Waals surface area contributed by atoms with E-state index in [0.717, 1.165) is 31.6 Å². The molecule has 1 heterocycles. The Morgan fingerprint density at radius 2 is 2.04 bits per heavy atom. The van der Waals surface area contributed by atoms with Gasteiger partial charge in [0.15, 0.2) is 5.50 Å². The summed E-state index contributed by atoms with van der Waals surface area (Å²) in [6.45, 7) is 3.69. The van der Waals surface area contributed by atoms with Gasteiger partial charge in [0, 0.05) is 19.6 Å². The van der Waals surface area contributed by atoms with E-state index in [4.69, 9.17) is 0 Å². The Bertz CT molecular complexity index is 627. The molecule has 2 aliphatic rings. The summed E-state index contributed by atoms with van der Waals surface area (Å²) in [6.07, 6.45) is 3.30. The Hall–Kier alpha value is -1.73. The molecule has 1 aliphatic heterocycles. The predicted molar refractivity (Wildman–Crippen MR) is 102 cm³/mol. The third kappa shape index (κ3) is 4.10. The second-order valence-electron chi connectivity index (χ2n) is 6.47. The summed E-state index contributed by atoms with van der Waals surface area (Å²) in [5.74, 6) is 0.133. The van der Waals surface area contributed by atoms with Crippen LogP contribution in [0.5, 0.6) is 0 Å². The Morgan fingerprint density at radius 1 is 1.36 bits per heavy atom. The van der Waals surface area contributed by atoms with Crippen LogP contribution in [0.25, 0.3) is 0 Å². The molecule has 1 unspecified atom stereocenters. The number of nitrogens with zero attached hydrogens (tertiary/aromatic N) is 3. The number of aliphatic carboxylic acids is 1. The molecular formula is C18H26N4O2S. The van der Waals surface area contributed by atoms with Gasteiger partial charge in [0.1, 0.15) is 0 Å². The number of benzene rings is 1. The highest BCUT2D eigenvalue weighted by molar-refractivity contribution is 7.99. The third-order valence-corrected chi connectivity index (χ3v) is 6.11. The van der Waals surface area contributed by atoms with Crippen molar-refractivity contribution in [2.75, 3.05) is 25.9 Å². The van der Waals surface area contributed by atoms with Crippen molar-refractivity contribution in [2.45, 2.75) is 37.7 Å². The van der Waals surface area contributed by atoms with Gasteiger partial charge in [0.2, 0.25) is 5.84 Å². The first-order valence-corrected chi connectivity index (χ1v) is 9.88. The largest absolute Gasteiger partial charge is 0.475 e. The lowest BCUT2D eigenvalue weighted by molar-refractivity contribution is -0.130. The molecule has 0 radical (unpaired) electrons. The summed E-state index contributed by atoms with van der Waals surface area (Å²) in [6, 6.07) is 9.22. The Labute approximate surface area is 153 Å². The van der Waals surface area contributed by atoms with Gasteiger partial charge in [-0.1, -0.05) is 24.3 Å². The van der Waals surface area contributed by atoms with E-state index >= 15 is 0 Å². The van der Waals surface area contributed by atoms with Gasteiger partial charge in [-0.2, -0.15) is 0 Å². The Morgan fingerprint density at radius 3 is 2.64 bits per heavy atom. The first-order chi connectivity index (χ1) is 12.1. The normalized spacial score (nSPS) is 20.1. The van der Waals surface area contributed by atoms with E-state index in [9.17, 15) is 9.90 Å². The van der Waals surface area contributed by atoms with E-state index in [1.807, 2.05) is 11.9 Å². The zero-order chi connectivity index (χ0) is 17.8. The highest BCUT2D eigenvalue weighted by Crippen LogP contribution is 2.26. The SMILES string of the molecule is CCN1N=C(C(=O)O)N(C)C1SCCCNC1Cc2ccccc2C1. The van der Waals surface area contributed by atoms with Crippen molar-refractivity contribution in [1.82, 2.24) is 15.2 Å². The lowest BCUT2D eigenvalue weighted by Crippen LogP contribution is -2.39. The van der Waals surface area contributed by atoms with Crippen molar-refractivity contribution >= 4 is 23.6 Å². The molecule has 0 saturated heterocycles. The molecule has 0 spiro atoms. The van der Waals surface area contributed by atoms with Crippen molar-refractivity contribution in [3.63, 3.8) is 0 Å². The molecule has 0 fully saturated rings. The van der Waals surface area contributed by atoms with E-state index in [-0.39, 0.29) is 11.3 Å². The number of carboxylic acid groups (broad SMARTS) is 1. The van der Waals surface area contributed by atoms with Crippen LogP contribution in [0.2, 0.25) is 0 Å². The minimum atomic E-state index is -0.966. The average Bonchev–Trinajstić information content (AvgIpc) is 3.15. The number of carboxylic acids is 1. The number of hydrazone groups is 1. The maximum atomic E-state index is 11.2. The Balaban J connectivity index is 1.37. The van der Waals surface area contributed by atoms with Crippen LogP contribution in [0.3, 0.4) is 0 Å². The van der Waals surface area contributed by atoms with Crippen molar-refractivity contribution in [1.29, 1.82) is 0 Å². The van der Waals surface area contributed by atoms with Gasteiger partial charge in [-0.15, -0.1) is 16.9 Å². The van der Waals surface area contributed by atoms with Crippen molar-refractivity contribution in [3.8, 4) is 0 Å². The van der Waals surface area contributed by atoms with E-state index in [1.165, 1.54) is 11.1 Å². The maximum Gasteiger partial charge on any atom is 0.373 e. The van der Waals surface area contributed by atoms with E-state index in [2.05, 4.69) is 34.7 Å². The second kappa shape index (κ2) is 8.10. The topological polar surface area (TPSA) is 68.2 Å². The molecule has 0 amide bonds. The van der Waals surface area contributed by atoms with E-state index in [1.54, 1.807) is 23.7 Å². The molecule has 1 atom stereocenters. The summed E-state index contributed by atoms with van der Waals surface area (Å²) in [5, 5.41) is 18.9. The third-order valence-electron chi connectivity index (χ3n) is 4.73. The summed E-state index contributed by atoms with van der Waals surface area (Å²) in [4.78, 5) is 13.0. The highest BCUT2D eigenvalue weighted by Gasteiger charge is 2.34. The Kier molecular flexibility index (Phi) is 5.86. The lowest BCUT2D eigenvalue weighted by Gasteiger charge is -2.27. The molecule has 0 bridgehead atoms. The maximum absolute atomic E-state index is 11.2. The smallest absolute Gasteiger partial charge is 0.373 e. The minimum absolute atomic E-state index is 0.0214. The van der Waals surface area contributed by atoms with Crippen LogP contribution in [-0.4, -0.2) is 64.2 Å². The number of rotatable bonds is 8. The highest BCUT2D eigenvalue weighted by atomic mass is 32.2. The van der Waals surface area contributed by atoms with Crippen LogP contribution < -0.4 is 5.32 Å². The zero-order valence-electron chi connectivity index (χ0n) is 14.8. The molecule has 7 heteroatoms. The average molecular weight is 362 g/mol. The summed E-state index contributed by atoms with van der Waals surface area (Å²) in [7, 11) is 1.80. The molecule has 1 aliphatic carbocycles. The number of thioether (sulfide) groups is 1. The van der Waals surface area contributed by atoms with Crippen LogP contribution in [0.1, 0.15) is 24.5 Å². The summed E-state index contributed by atoms with van der Waals surface area (Å²) < 4.78 is 0. The molecule has 6 nitrogen and oxygen atoms in total. The van der Waals surface area contributed by atoms with Crippen LogP contribution in [0, 0.1) is 0 Å². The molecular weight excluding hydrogens is 336 g/mol. The van der Waals surface area contributed by atoms with Crippen LogP contribution in [0.15, 0.2) is 29.4 Å².